The number of benzene rings is 1. The molecule has 0 aliphatic carbocycles. The predicted octanol–water partition coefficient (Wildman–Crippen LogP) is 3.00. The van der Waals surface area contributed by atoms with Crippen molar-refractivity contribution in [3.8, 4) is 11.8 Å². The summed E-state index contributed by atoms with van der Waals surface area (Å²) in [5.41, 5.74) is -0.367. The average molecular weight is 287 g/mol. The first-order chi connectivity index (χ1) is 9.95. The van der Waals surface area contributed by atoms with Gasteiger partial charge in [0.05, 0.1) is 11.5 Å². The second kappa shape index (κ2) is 7.25. The number of hydrogen-bond acceptors (Lipinski definition) is 4. The number of ether oxygens (including phenoxy) is 1. The van der Waals surface area contributed by atoms with Crippen LogP contribution in [0.3, 0.4) is 0 Å². The Hall–Kier alpha value is -2.61. The van der Waals surface area contributed by atoms with Crippen LogP contribution in [0.5, 0.6) is 0 Å². The highest BCUT2D eigenvalue weighted by atomic mass is 16.6. The number of nitro benzene ring substituents is 1. The number of allylic oxidation sites excluding steroid dienone is 1. The van der Waals surface area contributed by atoms with E-state index in [9.17, 15) is 14.9 Å². The molecule has 0 aliphatic heterocycles. The van der Waals surface area contributed by atoms with Gasteiger partial charge in [-0.25, -0.2) is 0 Å². The normalized spacial score (nSPS) is 12.5. The number of hydrogen-bond donors (Lipinski definition) is 0. The zero-order chi connectivity index (χ0) is 15.9. The Labute approximate surface area is 123 Å². The van der Waals surface area contributed by atoms with E-state index in [-0.39, 0.29) is 18.7 Å². The third-order valence-corrected chi connectivity index (χ3v) is 3.09. The number of nitro groups is 1. The fourth-order valence-corrected chi connectivity index (χ4v) is 1.83. The van der Waals surface area contributed by atoms with Crippen LogP contribution in [0.25, 0.3) is 0 Å². The Balaban J connectivity index is 3.18. The summed E-state index contributed by atoms with van der Waals surface area (Å²) in [6.45, 7) is 7.20. The monoisotopic (exact) mass is 287 g/mol. The van der Waals surface area contributed by atoms with Gasteiger partial charge in [-0.15, -0.1) is 0 Å². The minimum absolute atomic E-state index is 0.0258. The number of carbonyl (C=O) groups is 1. The summed E-state index contributed by atoms with van der Waals surface area (Å²) in [6, 6.07) is 5.86. The molecule has 21 heavy (non-hydrogen) atoms. The molecule has 0 bridgehead atoms. The molecule has 5 nitrogen and oxygen atoms in total. The number of non-ortho nitro benzene ring substituents is 1. The first-order valence-electron chi connectivity index (χ1n) is 6.47. The first kappa shape index (κ1) is 16.4. The fourth-order valence-electron chi connectivity index (χ4n) is 1.83. The topological polar surface area (TPSA) is 69.4 Å². The van der Waals surface area contributed by atoms with Crippen LogP contribution in [0.2, 0.25) is 0 Å². The van der Waals surface area contributed by atoms with E-state index in [0.717, 1.165) is 0 Å². The number of nitrogens with zero attached hydrogens (tertiary/aromatic N) is 1. The van der Waals surface area contributed by atoms with E-state index in [2.05, 4.69) is 18.4 Å². The highest BCUT2D eigenvalue weighted by Gasteiger charge is 2.36. The molecule has 1 aromatic rings. The lowest BCUT2D eigenvalue weighted by Gasteiger charge is -2.25. The maximum absolute atomic E-state index is 12.2. The standard InChI is InChI=1S/C16H17NO4/c1-4-6-7-12-16(3,15(18)21-5-2)13-8-10-14(11-9-13)17(19)20/h4,8-11H,1,5,12H2,2-3H3. The molecule has 1 rings (SSSR count). The smallest absolute Gasteiger partial charge is 0.317 e. The molecular weight excluding hydrogens is 270 g/mol. The number of rotatable bonds is 5. The zero-order valence-electron chi connectivity index (χ0n) is 12.1. The average Bonchev–Trinajstić information content (AvgIpc) is 2.47. The Morgan fingerprint density at radius 1 is 1.48 bits per heavy atom. The molecule has 0 spiro atoms. The van der Waals surface area contributed by atoms with Crippen LogP contribution in [0, 0.1) is 22.0 Å². The van der Waals surface area contributed by atoms with Gasteiger partial charge in [0.25, 0.3) is 5.69 Å². The molecule has 1 aromatic carbocycles. The zero-order valence-corrected chi connectivity index (χ0v) is 12.1. The summed E-state index contributed by atoms with van der Waals surface area (Å²) >= 11 is 0. The van der Waals surface area contributed by atoms with Crippen LogP contribution in [-0.4, -0.2) is 17.5 Å². The molecule has 0 aliphatic rings. The maximum Gasteiger partial charge on any atom is 0.317 e. The molecule has 0 saturated heterocycles. The molecule has 0 radical (unpaired) electrons. The summed E-state index contributed by atoms with van der Waals surface area (Å²) in [6.07, 6.45) is 1.69. The van der Waals surface area contributed by atoms with Gasteiger partial charge in [-0.3, -0.25) is 14.9 Å². The second-order valence-electron chi connectivity index (χ2n) is 4.56. The van der Waals surface area contributed by atoms with Gasteiger partial charge in [0, 0.05) is 18.6 Å². The summed E-state index contributed by atoms with van der Waals surface area (Å²) in [7, 11) is 0. The summed E-state index contributed by atoms with van der Waals surface area (Å²) < 4.78 is 5.10. The molecule has 0 amide bonds. The second-order valence-corrected chi connectivity index (χ2v) is 4.56. The van der Waals surface area contributed by atoms with Crippen molar-refractivity contribution in [1.29, 1.82) is 0 Å². The van der Waals surface area contributed by atoms with E-state index in [1.165, 1.54) is 18.2 Å². The van der Waals surface area contributed by atoms with Gasteiger partial charge in [0.2, 0.25) is 0 Å². The van der Waals surface area contributed by atoms with E-state index in [1.54, 1.807) is 26.0 Å². The minimum Gasteiger partial charge on any atom is -0.465 e. The van der Waals surface area contributed by atoms with Crippen molar-refractivity contribution in [2.45, 2.75) is 25.7 Å². The van der Waals surface area contributed by atoms with Crippen molar-refractivity contribution in [3.63, 3.8) is 0 Å². The molecule has 0 saturated carbocycles. The molecule has 1 unspecified atom stereocenters. The van der Waals surface area contributed by atoms with Crippen LogP contribution in [0.4, 0.5) is 5.69 Å². The third kappa shape index (κ3) is 3.93. The van der Waals surface area contributed by atoms with Crippen LogP contribution >= 0.6 is 0 Å². The molecule has 5 heteroatoms. The molecule has 0 heterocycles. The SMILES string of the molecule is C=CC#CCC(C)(C(=O)OCC)c1ccc([N+](=O)[O-])cc1. The third-order valence-electron chi connectivity index (χ3n) is 3.09. The van der Waals surface area contributed by atoms with E-state index in [0.29, 0.717) is 5.56 Å². The molecule has 0 fully saturated rings. The number of esters is 1. The largest absolute Gasteiger partial charge is 0.465 e. The number of carbonyl (C=O) groups excluding carboxylic acids is 1. The lowest BCUT2D eigenvalue weighted by Crippen LogP contribution is -2.34. The molecular formula is C16H17NO4. The van der Waals surface area contributed by atoms with Gasteiger partial charge < -0.3 is 4.74 Å². The summed E-state index contributed by atoms with van der Waals surface area (Å²) in [5, 5.41) is 10.7. The lowest BCUT2D eigenvalue weighted by atomic mass is 9.79. The van der Waals surface area contributed by atoms with E-state index >= 15 is 0 Å². The Morgan fingerprint density at radius 3 is 2.57 bits per heavy atom. The fraction of sp³-hybridized carbons (Fsp3) is 0.312. The Morgan fingerprint density at radius 2 is 2.10 bits per heavy atom. The van der Waals surface area contributed by atoms with E-state index in [1.807, 2.05) is 0 Å². The highest BCUT2D eigenvalue weighted by molar-refractivity contribution is 5.83. The van der Waals surface area contributed by atoms with Crippen molar-refractivity contribution in [3.05, 3.63) is 52.6 Å². The van der Waals surface area contributed by atoms with Crippen LogP contribution in [0.1, 0.15) is 25.8 Å². The molecule has 0 aromatic heterocycles. The predicted molar refractivity (Wildman–Crippen MR) is 79.7 cm³/mol. The van der Waals surface area contributed by atoms with Crippen molar-refractivity contribution in [2.75, 3.05) is 6.61 Å². The van der Waals surface area contributed by atoms with Crippen molar-refractivity contribution >= 4 is 11.7 Å². The Bertz CT molecular complexity index is 595. The molecule has 110 valence electrons. The van der Waals surface area contributed by atoms with Gasteiger partial charge in [-0.1, -0.05) is 30.6 Å². The highest BCUT2D eigenvalue weighted by Crippen LogP contribution is 2.30. The lowest BCUT2D eigenvalue weighted by molar-refractivity contribution is -0.384. The van der Waals surface area contributed by atoms with Crippen molar-refractivity contribution < 1.29 is 14.5 Å². The van der Waals surface area contributed by atoms with Crippen LogP contribution in [-0.2, 0) is 14.9 Å². The Kier molecular flexibility index (Phi) is 5.67. The van der Waals surface area contributed by atoms with E-state index in [4.69, 9.17) is 4.74 Å². The van der Waals surface area contributed by atoms with Crippen molar-refractivity contribution in [2.24, 2.45) is 0 Å². The van der Waals surface area contributed by atoms with Gasteiger partial charge in [0.15, 0.2) is 0 Å². The molecule has 0 N–H and O–H groups in total. The molecule has 1 atom stereocenters. The minimum atomic E-state index is -0.971. The quantitative estimate of drug-likeness (QED) is 0.361. The maximum atomic E-state index is 12.2. The van der Waals surface area contributed by atoms with Gasteiger partial charge >= 0.3 is 5.97 Å². The van der Waals surface area contributed by atoms with Crippen LogP contribution in [0.15, 0.2) is 36.9 Å². The van der Waals surface area contributed by atoms with Crippen molar-refractivity contribution in [1.82, 2.24) is 0 Å². The first-order valence-corrected chi connectivity index (χ1v) is 6.47. The van der Waals surface area contributed by atoms with Gasteiger partial charge in [0.1, 0.15) is 5.41 Å². The van der Waals surface area contributed by atoms with E-state index < -0.39 is 16.3 Å². The summed E-state index contributed by atoms with van der Waals surface area (Å²) in [5.74, 6) is 5.14. The van der Waals surface area contributed by atoms with Gasteiger partial charge in [-0.05, 0) is 25.5 Å². The van der Waals surface area contributed by atoms with Gasteiger partial charge in [-0.2, -0.15) is 0 Å². The van der Waals surface area contributed by atoms with Crippen LogP contribution < -0.4 is 0 Å². The summed E-state index contributed by atoms with van der Waals surface area (Å²) in [4.78, 5) is 22.4.